The van der Waals surface area contributed by atoms with Crippen molar-refractivity contribution in [1.29, 1.82) is 0 Å². The van der Waals surface area contributed by atoms with Gasteiger partial charge in [-0.1, -0.05) is 111 Å². The Morgan fingerprint density at radius 2 is 1.71 bits per heavy atom. The summed E-state index contributed by atoms with van der Waals surface area (Å²) in [6, 6.07) is 0. The normalized spacial score (nSPS) is 15.8. The van der Waals surface area contributed by atoms with Crippen molar-refractivity contribution in [3.8, 4) is 0 Å². The minimum absolute atomic E-state index is 0. The van der Waals surface area contributed by atoms with Crippen molar-refractivity contribution in [2.45, 2.75) is 120 Å². The third-order valence-corrected chi connectivity index (χ3v) is 7.41. The molecule has 38 heavy (non-hydrogen) atoms. The molecule has 1 N–H and O–H groups in total. The zero-order chi connectivity index (χ0) is 28.6. The fourth-order valence-corrected chi connectivity index (χ4v) is 3.58. The van der Waals surface area contributed by atoms with E-state index in [0.29, 0.717) is 22.9 Å². The molecule has 7 heteroatoms. The molecule has 0 radical (unpaired) electrons. The van der Waals surface area contributed by atoms with E-state index in [-0.39, 0.29) is 70.8 Å². The molecule has 0 aromatic carbocycles. The quantitative estimate of drug-likeness (QED) is 0.177. The number of aromatic nitrogens is 2. The Kier molecular flexibility index (Phi) is 22.1. The van der Waals surface area contributed by atoms with Crippen molar-refractivity contribution < 1.29 is 69.7 Å². The van der Waals surface area contributed by atoms with Crippen LogP contribution in [-0.2, 0) is 0 Å². The smallest absolute Gasteiger partial charge is 0.428 e. The first kappa shape index (κ1) is 40.2. The van der Waals surface area contributed by atoms with Gasteiger partial charge in [0.1, 0.15) is 0 Å². The van der Waals surface area contributed by atoms with Crippen LogP contribution in [0.5, 0.6) is 0 Å². The van der Waals surface area contributed by atoms with Crippen molar-refractivity contribution in [1.82, 2.24) is 9.97 Å². The maximum Gasteiger partial charge on any atom is 1.00 e. The van der Waals surface area contributed by atoms with Gasteiger partial charge in [-0.15, -0.1) is 0 Å². The first-order chi connectivity index (χ1) is 17.3. The average Bonchev–Trinajstić information content (AvgIpc) is 3.66. The van der Waals surface area contributed by atoms with Crippen LogP contribution in [0.3, 0.4) is 0 Å². The molecule has 3 nitrogen and oxygen atoms in total. The summed E-state index contributed by atoms with van der Waals surface area (Å²) in [6.45, 7) is 18.9. The first-order valence-corrected chi connectivity index (χ1v) is 14.2. The van der Waals surface area contributed by atoms with Crippen LogP contribution < -0.4 is 51.4 Å². The number of hydrogen-bond acceptors (Lipinski definition) is 3. The minimum Gasteiger partial charge on any atom is -0.428 e. The summed E-state index contributed by atoms with van der Waals surface area (Å²) in [6.07, 6.45) is 9.89. The molecule has 0 saturated heterocycles. The molecular formula is C31H53F3KN2O-. The standard InChI is InChI=1S/C20H27F3N2O.C7H16.C4H10.K/c1-14(8-11-26)6-4-5-7-17-13-24-18(16(3)25-17)12-15(2)19(9-10-19)20(21,22)23;1-5-7(4)6(2)3;1-3-4-2;/h7-8,12-14,26H,4-6,9-11H2,1-3H3;6-7H,5H2,1-4H3;3-4H2,1-2H3;/q-2;;;+1/b15-12+;;;. The molecule has 2 unspecified atom stereocenters. The number of hydrogen-bond donors (Lipinski definition) is 1. The Morgan fingerprint density at radius 1 is 1.13 bits per heavy atom. The molecule has 1 aliphatic rings. The Morgan fingerprint density at radius 3 is 2.08 bits per heavy atom. The fraction of sp³-hybridized carbons (Fsp3) is 0.742. The van der Waals surface area contributed by atoms with Crippen LogP contribution in [0.15, 0.2) is 11.8 Å². The van der Waals surface area contributed by atoms with Crippen LogP contribution in [0.2, 0.25) is 0 Å². The number of aryl methyl sites for hydroxylation is 1. The van der Waals surface area contributed by atoms with E-state index < -0.39 is 11.6 Å². The summed E-state index contributed by atoms with van der Waals surface area (Å²) in [5.41, 5.74) is 0.537. The number of halogens is 3. The number of aliphatic hydroxyl groups is 1. The largest absolute Gasteiger partial charge is 1.00 e. The number of rotatable bonds is 12. The van der Waals surface area contributed by atoms with Crippen LogP contribution in [0.25, 0.3) is 6.08 Å². The molecule has 1 aliphatic carbocycles. The summed E-state index contributed by atoms with van der Waals surface area (Å²) < 4.78 is 39.6. The summed E-state index contributed by atoms with van der Waals surface area (Å²) in [4.78, 5) is 8.76. The van der Waals surface area contributed by atoms with Crippen molar-refractivity contribution in [2.75, 3.05) is 6.61 Å². The molecule has 2 atom stereocenters. The van der Waals surface area contributed by atoms with Crippen molar-refractivity contribution in [3.05, 3.63) is 41.7 Å². The van der Waals surface area contributed by atoms with Crippen LogP contribution in [0.1, 0.15) is 124 Å². The van der Waals surface area contributed by atoms with Gasteiger partial charge < -0.3 is 16.5 Å². The van der Waals surface area contributed by atoms with Gasteiger partial charge in [0, 0.05) is 0 Å². The second-order valence-corrected chi connectivity index (χ2v) is 10.8. The van der Waals surface area contributed by atoms with Crippen LogP contribution >= 0.6 is 0 Å². The van der Waals surface area contributed by atoms with E-state index in [4.69, 9.17) is 5.11 Å². The van der Waals surface area contributed by atoms with Crippen LogP contribution in [-0.4, -0.2) is 27.9 Å². The number of allylic oxidation sites excluding steroid dienone is 1. The average molecular weight is 566 g/mol. The molecule has 1 aromatic rings. The summed E-state index contributed by atoms with van der Waals surface area (Å²) in [5, 5.41) is 8.84. The maximum atomic E-state index is 13.2. The molecule has 1 fully saturated rings. The van der Waals surface area contributed by atoms with Gasteiger partial charge in [-0.25, -0.2) is 6.42 Å². The minimum atomic E-state index is -4.20. The fourth-order valence-electron chi connectivity index (χ4n) is 3.58. The van der Waals surface area contributed by atoms with Crippen molar-refractivity contribution in [2.24, 2.45) is 23.2 Å². The predicted molar refractivity (Wildman–Crippen MR) is 151 cm³/mol. The third kappa shape index (κ3) is 15.2. The zero-order valence-corrected chi connectivity index (χ0v) is 29.0. The van der Waals surface area contributed by atoms with Gasteiger partial charge in [-0.05, 0) is 44.6 Å². The van der Waals surface area contributed by atoms with Crippen LogP contribution in [0.4, 0.5) is 13.2 Å². The van der Waals surface area contributed by atoms with Gasteiger partial charge in [0.05, 0.1) is 16.8 Å². The summed E-state index contributed by atoms with van der Waals surface area (Å²) in [7, 11) is 0. The zero-order valence-electron chi connectivity index (χ0n) is 25.9. The maximum absolute atomic E-state index is 13.2. The Labute approximate surface area is 274 Å². The Hall–Kier alpha value is 0.0764. The first-order valence-electron chi connectivity index (χ1n) is 14.2. The van der Waals surface area contributed by atoms with E-state index in [0.717, 1.165) is 36.8 Å². The van der Waals surface area contributed by atoms with E-state index in [1.807, 2.05) is 12.8 Å². The molecule has 0 amide bonds. The van der Waals surface area contributed by atoms with Gasteiger partial charge in [-0.2, -0.15) is 19.1 Å². The van der Waals surface area contributed by atoms with Crippen molar-refractivity contribution >= 4 is 6.08 Å². The van der Waals surface area contributed by atoms with E-state index in [1.54, 1.807) is 13.1 Å². The Bertz CT molecular complexity index is 775. The van der Waals surface area contributed by atoms with Gasteiger partial charge in [0.15, 0.2) is 0 Å². The summed E-state index contributed by atoms with van der Waals surface area (Å²) >= 11 is 0. The monoisotopic (exact) mass is 565 g/mol. The number of unbranched alkanes of at least 4 members (excludes halogenated alkanes) is 2. The van der Waals surface area contributed by atoms with E-state index >= 15 is 0 Å². The second-order valence-electron chi connectivity index (χ2n) is 10.8. The molecule has 1 aromatic heterocycles. The molecule has 216 valence electrons. The summed E-state index contributed by atoms with van der Waals surface area (Å²) in [5.74, 6) is 2.14. The molecule has 0 aliphatic heterocycles. The van der Waals surface area contributed by atoms with Gasteiger partial charge >= 0.3 is 57.6 Å². The van der Waals surface area contributed by atoms with Gasteiger partial charge in [-0.3, -0.25) is 4.98 Å². The number of nitrogens with zero attached hydrogens (tertiary/aromatic N) is 2. The Balaban J connectivity index is 0. The van der Waals surface area contributed by atoms with E-state index in [1.165, 1.54) is 32.3 Å². The predicted octanol–water partition coefficient (Wildman–Crippen LogP) is 6.59. The van der Waals surface area contributed by atoms with Crippen molar-refractivity contribution in [3.63, 3.8) is 0 Å². The van der Waals surface area contributed by atoms with E-state index in [9.17, 15) is 13.2 Å². The molecule has 2 rings (SSSR count). The molecule has 1 heterocycles. The van der Waals surface area contributed by atoms with Gasteiger partial charge in [0.2, 0.25) is 0 Å². The third-order valence-electron chi connectivity index (χ3n) is 7.41. The number of alkyl halides is 3. The molecular weight excluding hydrogens is 512 g/mol. The molecule has 0 bridgehead atoms. The topological polar surface area (TPSA) is 46.0 Å². The number of aliphatic hydroxyl groups excluding tert-OH is 1. The molecule has 1 saturated carbocycles. The second kappa shape index (κ2) is 20.9. The van der Waals surface area contributed by atoms with E-state index in [2.05, 4.69) is 58.4 Å². The van der Waals surface area contributed by atoms with Crippen LogP contribution in [0, 0.1) is 42.9 Å². The van der Waals surface area contributed by atoms with Gasteiger partial charge in [0.25, 0.3) is 0 Å². The SMILES string of the molecule is C/C(=C\c1ncc([CH-]CCCC(C)[CH-]CO)nc1C)C1(C(F)(F)F)CC1.CCC(C)C(C)C.CCCC.[K+]. The molecule has 0 spiro atoms.